The van der Waals surface area contributed by atoms with Gasteiger partial charge in [-0.05, 0) is 27.6 Å². The summed E-state index contributed by atoms with van der Waals surface area (Å²) in [6.45, 7) is 8.40. The highest BCUT2D eigenvalue weighted by atomic mass is 32.2. The molecule has 0 amide bonds. The summed E-state index contributed by atoms with van der Waals surface area (Å²) in [6.07, 6.45) is 0. The average Bonchev–Trinajstić information content (AvgIpc) is 2.16. The third kappa shape index (κ3) is 6.35. The first kappa shape index (κ1) is 16.8. The van der Waals surface area contributed by atoms with Crippen LogP contribution in [0.1, 0.15) is 20.8 Å². The lowest BCUT2D eigenvalue weighted by Gasteiger charge is -2.29. The first-order chi connectivity index (χ1) is 7.85. The van der Waals surface area contributed by atoms with Crippen LogP contribution in [0.5, 0.6) is 0 Å². The zero-order valence-electron chi connectivity index (χ0n) is 11.7. The highest BCUT2D eigenvalue weighted by Crippen LogP contribution is 2.08. The maximum absolute atomic E-state index is 12.1. The van der Waals surface area contributed by atoms with E-state index in [2.05, 4.69) is 5.32 Å². The molecule has 0 aliphatic carbocycles. The van der Waals surface area contributed by atoms with E-state index in [1.165, 1.54) is 0 Å². The minimum absolute atomic E-state index is 0.0154. The van der Waals surface area contributed by atoms with Crippen LogP contribution in [-0.2, 0) is 10.0 Å². The Labute approximate surface area is 106 Å². The Morgan fingerprint density at radius 2 is 1.82 bits per heavy atom. The normalized spacial score (nSPS) is 14.5. The van der Waals surface area contributed by atoms with Gasteiger partial charge in [-0.15, -0.1) is 0 Å². The molecule has 0 rings (SSSR count). The van der Waals surface area contributed by atoms with Gasteiger partial charge in [0.25, 0.3) is 0 Å². The molecule has 0 aliphatic heterocycles. The summed E-state index contributed by atoms with van der Waals surface area (Å²) >= 11 is 0. The third-order valence-corrected chi connectivity index (χ3v) is 4.63. The summed E-state index contributed by atoms with van der Waals surface area (Å²) in [5, 5.41) is 3.05. The highest BCUT2D eigenvalue weighted by Gasteiger charge is 2.25. The number of nitrogens with zero attached hydrogens (tertiary/aromatic N) is 2. The largest absolute Gasteiger partial charge is 0.316 e. The van der Waals surface area contributed by atoms with E-state index in [0.29, 0.717) is 13.1 Å². The second-order valence-corrected chi connectivity index (χ2v) is 6.53. The van der Waals surface area contributed by atoms with Gasteiger partial charge >= 0.3 is 0 Å². The van der Waals surface area contributed by atoms with Crippen LogP contribution in [0.2, 0.25) is 0 Å². The molecular formula is C11H27N3O2S. The smallest absolute Gasteiger partial charge is 0.215 e. The van der Waals surface area contributed by atoms with Gasteiger partial charge in [-0.2, -0.15) is 4.31 Å². The van der Waals surface area contributed by atoms with E-state index in [9.17, 15) is 8.42 Å². The predicted octanol–water partition coefficient (Wildman–Crippen LogP) is 0.198. The van der Waals surface area contributed by atoms with E-state index in [1.807, 2.05) is 39.8 Å². The third-order valence-electron chi connectivity index (χ3n) is 2.58. The number of hydrogen-bond donors (Lipinski definition) is 1. The summed E-state index contributed by atoms with van der Waals surface area (Å²) in [5.74, 6) is 0.173. The summed E-state index contributed by atoms with van der Waals surface area (Å²) in [6, 6.07) is 0.0154. The van der Waals surface area contributed by atoms with E-state index < -0.39 is 10.0 Å². The van der Waals surface area contributed by atoms with Crippen LogP contribution in [0.15, 0.2) is 0 Å². The topological polar surface area (TPSA) is 52.7 Å². The van der Waals surface area contributed by atoms with E-state index in [0.717, 1.165) is 13.1 Å². The molecule has 0 heterocycles. The standard InChI is InChI=1S/C11H27N3O2S/c1-6-12-8-9-17(15,16)14(7-2)11(3)10-13(4)5/h11-12H,6-10H2,1-5H3. The quantitative estimate of drug-likeness (QED) is 0.605. The van der Waals surface area contributed by atoms with Gasteiger partial charge < -0.3 is 10.2 Å². The van der Waals surface area contributed by atoms with E-state index in [4.69, 9.17) is 0 Å². The summed E-state index contributed by atoms with van der Waals surface area (Å²) < 4.78 is 25.8. The van der Waals surface area contributed by atoms with Gasteiger partial charge in [-0.1, -0.05) is 13.8 Å². The first-order valence-electron chi connectivity index (χ1n) is 6.20. The second kappa shape index (κ2) is 8.02. The molecule has 0 spiro atoms. The molecule has 0 aromatic carbocycles. The molecule has 0 saturated heterocycles. The van der Waals surface area contributed by atoms with Crippen LogP contribution in [-0.4, -0.2) is 69.7 Å². The number of sulfonamides is 1. The van der Waals surface area contributed by atoms with Crippen LogP contribution in [0.3, 0.4) is 0 Å². The van der Waals surface area contributed by atoms with Crippen molar-refractivity contribution in [3.05, 3.63) is 0 Å². The molecule has 0 aromatic heterocycles. The van der Waals surface area contributed by atoms with Gasteiger partial charge in [0.05, 0.1) is 5.75 Å². The van der Waals surface area contributed by atoms with E-state index >= 15 is 0 Å². The number of nitrogens with one attached hydrogen (secondary N) is 1. The molecule has 1 unspecified atom stereocenters. The maximum Gasteiger partial charge on any atom is 0.215 e. The van der Waals surface area contributed by atoms with Gasteiger partial charge in [0, 0.05) is 25.7 Å². The van der Waals surface area contributed by atoms with Crippen molar-refractivity contribution in [2.45, 2.75) is 26.8 Å². The predicted molar refractivity (Wildman–Crippen MR) is 72.7 cm³/mol. The maximum atomic E-state index is 12.1. The van der Waals surface area contributed by atoms with Crippen LogP contribution in [0.4, 0.5) is 0 Å². The molecule has 0 aliphatic rings. The fourth-order valence-corrected chi connectivity index (χ4v) is 3.54. The molecule has 0 fully saturated rings. The fourth-order valence-electron chi connectivity index (χ4n) is 1.90. The zero-order chi connectivity index (χ0) is 13.5. The van der Waals surface area contributed by atoms with Crippen molar-refractivity contribution in [3.8, 4) is 0 Å². The molecule has 0 bridgehead atoms. The van der Waals surface area contributed by atoms with Gasteiger partial charge in [-0.3, -0.25) is 0 Å². The monoisotopic (exact) mass is 265 g/mol. The average molecular weight is 265 g/mol. The lowest BCUT2D eigenvalue weighted by atomic mass is 10.3. The molecule has 5 nitrogen and oxygen atoms in total. The Balaban J connectivity index is 4.51. The van der Waals surface area contributed by atoms with Gasteiger partial charge in [-0.25, -0.2) is 8.42 Å². The van der Waals surface area contributed by atoms with Crippen molar-refractivity contribution < 1.29 is 8.42 Å². The molecular weight excluding hydrogens is 238 g/mol. The minimum Gasteiger partial charge on any atom is -0.316 e. The van der Waals surface area contributed by atoms with Crippen LogP contribution >= 0.6 is 0 Å². The van der Waals surface area contributed by atoms with Crippen LogP contribution in [0.25, 0.3) is 0 Å². The highest BCUT2D eigenvalue weighted by molar-refractivity contribution is 7.89. The molecule has 0 aromatic rings. The van der Waals surface area contributed by atoms with Crippen molar-refractivity contribution in [1.29, 1.82) is 0 Å². The fraction of sp³-hybridized carbons (Fsp3) is 1.00. The minimum atomic E-state index is -3.15. The Bertz CT molecular complexity index is 291. The van der Waals surface area contributed by atoms with E-state index in [1.54, 1.807) is 4.31 Å². The first-order valence-corrected chi connectivity index (χ1v) is 7.81. The zero-order valence-corrected chi connectivity index (χ0v) is 12.5. The lowest BCUT2D eigenvalue weighted by molar-refractivity contribution is 0.271. The van der Waals surface area contributed by atoms with Gasteiger partial charge in [0.1, 0.15) is 0 Å². The summed E-state index contributed by atoms with van der Waals surface area (Å²) in [7, 11) is 0.763. The molecule has 0 radical (unpaired) electrons. The Morgan fingerprint density at radius 1 is 1.24 bits per heavy atom. The molecule has 104 valence electrons. The van der Waals surface area contributed by atoms with Crippen LogP contribution in [0, 0.1) is 0 Å². The molecule has 1 N–H and O–H groups in total. The van der Waals surface area contributed by atoms with Crippen molar-refractivity contribution in [1.82, 2.24) is 14.5 Å². The van der Waals surface area contributed by atoms with Crippen molar-refractivity contribution in [2.75, 3.05) is 46.0 Å². The second-order valence-electron chi connectivity index (χ2n) is 4.48. The molecule has 17 heavy (non-hydrogen) atoms. The van der Waals surface area contributed by atoms with E-state index in [-0.39, 0.29) is 11.8 Å². The van der Waals surface area contributed by atoms with Crippen molar-refractivity contribution in [2.24, 2.45) is 0 Å². The number of hydrogen-bond acceptors (Lipinski definition) is 4. The van der Waals surface area contributed by atoms with Gasteiger partial charge in [0.2, 0.25) is 10.0 Å². The Kier molecular flexibility index (Phi) is 7.94. The van der Waals surface area contributed by atoms with Crippen molar-refractivity contribution in [3.63, 3.8) is 0 Å². The lowest BCUT2D eigenvalue weighted by Crippen LogP contribution is -2.45. The van der Waals surface area contributed by atoms with Gasteiger partial charge in [0.15, 0.2) is 0 Å². The van der Waals surface area contributed by atoms with Crippen molar-refractivity contribution >= 4 is 10.0 Å². The Hall–Kier alpha value is -0.170. The Morgan fingerprint density at radius 3 is 2.24 bits per heavy atom. The summed E-state index contributed by atoms with van der Waals surface area (Å²) in [5.41, 5.74) is 0. The molecule has 1 atom stereocenters. The van der Waals surface area contributed by atoms with Crippen LogP contribution < -0.4 is 5.32 Å². The number of likely N-dealkylation sites (N-methyl/N-ethyl adjacent to an activating group) is 2. The molecule has 0 saturated carbocycles. The SMILES string of the molecule is CCNCCS(=O)(=O)N(CC)C(C)CN(C)C. The summed E-state index contributed by atoms with van der Waals surface area (Å²) in [4.78, 5) is 2.01. The molecule has 6 heteroatoms. The number of rotatable bonds is 9.